The number of methoxy groups -OCH3 is 1. The maximum Gasteiger partial charge on any atom is 0.258 e. The van der Waals surface area contributed by atoms with Gasteiger partial charge in [-0.15, -0.1) is 0 Å². The Morgan fingerprint density at radius 3 is 2.38 bits per heavy atom. The summed E-state index contributed by atoms with van der Waals surface area (Å²) < 4.78 is 5.48. The average Bonchev–Trinajstić information content (AvgIpc) is 2.98. The summed E-state index contributed by atoms with van der Waals surface area (Å²) >= 11 is 0. The zero-order chi connectivity index (χ0) is 22.1. The molecule has 0 spiro atoms. The maximum absolute atomic E-state index is 13.7. The van der Waals surface area contributed by atoms with Crippen LogP contribution in [0.3, 0.4) is 0 Å². The minimum absolute atomic E-state index is 0.0471. The smallest absolute Gasteiger partial charge is 0.258 e. The summed E-state index contributed by atoms with van der Waals surface area (Å²) in [6, 6.07) is 27.4. The molecule has 0 bridgehead atoms. The molecule has 0 saturated heterocycles. The van der Waals surface area contributed by atoms with Crippen LogP contribution in [-0.4, -0.2) is 25.0 Å². The van der Waals surface area contributed by atoms with Crippen LogP contribution in [0.2, 0.25) is 0 Å². The van der Waals surface area contributed by atoms with Gasteiger partial charge in [0.15, 0.2) is 0 Å². The minimum Gasteiger partial charge on any atom is -0.496 e. The van der Waals surface area contributed by atoms with Gasteiger partial charge >= 0.3 is 0 Å². The fourth-order valence-electron chi connectivity index (χ4n) is 4.21. The highest BCUT2D eigenvalue weighted by molar-refractivity contribution is 6.08. The van der Waals surface area contributed by atoms with E-state index in [1.807, 2.05) is 102 Å². The Bertz CT molecular complexity index is 1280. The predicted molar refractivity (Wildman–Crippen MR) is 128 cm³/mol. The molecule has 1 aliphatic rings. The molecular formula is C27H23N3O2. The van der Waals surface area contributed by atoms with Gasteiger partial charge in [-0.3, -0.25) is 4.79 Å². The van der Waals surface area contributed by atoms with Crippen molar-refractivity contribution in [3.63, 3.8) is 0 Å². The van der Waals surface area contributed by atoms with Gasteiger partial charge in [0.1, 0.15) is 11.6 Å². The normalized spacial score (nSPS) is 12.6. The summed E-state index contributed by atoms with van der Waals surface area (Å²) in [6.07, 6.45) is 1.78. The Balaban J connectivity index is 1.53. The fraction of sp³-hybridized carbons (Fsp3) is 0.111. The Labute approximate surface area is 187 Å². The van der Waals surface area contributed by atoms with E-state index >= 15 is 0 Å². The summed E-state index contributed by atoms with van der Waals surface area (Å²) in [7, 11) is 3.65. The van der Waals surface area contributed by atoms with E-state index in [1.54, 1.807) is 13.3 Å². The number of fused-ring (bicyclic) bond motifs is 2. The van der Waals surface area contributed by atoms with Crippen molar-refractivity contribution in [3.8, 4) is 16.9 Å². The molecule has 0 radical (unpaired) electrons. The molecule has 1 amide bonds. The third-order valence-corrected chi connectivity index (χ3v) is 5.84. The Hall–Kier alpha value is -4.12. The number of nitrogens with zero attached hydrogens (tertiary/aromatic N) is 3. The number of carbonyl (C=O) groups is 1. The molecular weight excluding hydrogens is 398 g/mol. The molecule has 1 aromatic heterocycles. The third-order valence-electron chi connectivity index (χ3n) is 5.84. The minimum atomic E-state index is -0.0471. The summed E-state index contributed by atoms with van der Waals surface area (Å²) in [5.41, 5.74) is 5.45. The summed E-state index contributed by atoms with van der Waals surface area (Å²) in [4.78, 5) is 22.1. The van der Waals surface area contributed by atoms with Crippen LogP contribution in [-0.2, 0) is 6.54 Å². The average molecular weight is 422 g/mol. The van der Waals surface area contributed by atoms with Crippen molar-refractivity contribution >= 4 is 23.1 Å². The lowest BCUT2D eigenvalue weighted by atomic mass is 10.0. The highest BCUT2D eigenvalue weighted by Crippen LogP contribution is 2.39. The van der Waals surface area contributed by atoms with Crippen molar-refractivity contribution in [1.82, 2.24) is 4.98 Å². The Morgan fingerprint density at radius 1 is 0.875 bits per heavy atom. The Kier molecular flexibility index (Phi) is 5.07. The second-order valence-corrected chi connectivity index (χ2v) is 7.70. The zero-order valence-corrected chi connectivity index (χ0v) is 18.0. The number of ether oxygens (including phenoxy) is 1. The molecule has 32 heavy (non-hydrogen) atoms. The quantitative estimate of drug-likeness (QED) is 0.427. The van der Waals surface area contributed by atoms with Gasteiger partial charge < -0.3 is 14.5 Å². The van der Waals surface area contributed by atoms with Crippen molar-refractivity contribution in [2.24, 2.45) is 0 Å². The SMILES string of the molecule is COc1ccccc1-c1ccc(C(=O)N2Cc3cccnc3N(C)c3ccccc32)cc1. The van der Waals surface area contributed by atoms with E-state index in [0.29, 0.717) is 12.1 Å². The second kappa shape index (κ2) is 8.19. The van der Waals surface area contributed by atoms with Crippen LogP contribution in [0.5, 0.6) is 5.75 Å². The molecule has 0 N–H and O–H groups in total. The molecule has 0 unspecified atom stereocenters. The number of amides is 1. The molecule has 3 aromatic carbocycles. The van der Waals surface area contributed by atoms with Gasteiger partial charge in [0, 0.05) is 29.9 Å². The summed E-state index contributed by atoms with van der Waals surface area (Å²) in [5.74, 6) is 1.62. The number of para-hydroxylation sites is 3. The standard InChI is InChI=1S/C27H23N3O2/c1-29-23-10-4-5-11-24(23)30(18-21-8-7-17-28-26(21)29)27(31)20-15-13-19(14-16-20)22-9-3-6-12-25(22)32-2/h3-17H,18H2,1-2H3. The topological polar surface area (TPSA) is 45.7 Å². The van der Waals surface area contributed by atoms with Gasteiger partial charge in [0.2, 0.25) is 0 Å². The highest BCUT2D eigenvalue weighted by Gasteiger charge is 2.27. The number of pyridine rings is 1. The van der Waals surface area contributed by atoms with E-state index < -0.39 is 0 Å². The van der Waals surface area contributed by atoms with Crippen molar-refractivity contribution in [2.45, 2.75) is 6.54 Å². The number of carbonyl (C=O) groups excluding carboxylic acids is 1. The van der Waals surface area contributed by atoms with E-state index in [2.05, 4.69) is 4.98 Å². The molecule has 5 nitrogen and oxygen atoms in total. The first kappa shape index (κ1) is 19.8. The van der Waals surface area contributed by atoms with Crippen molar-refractivity contribution < 1.29 is 9.53 Å². The predicted octanol–water partition coefficient (Wildman–Crippen LogP) is 5.69. The molecule has 0 atom stereocenters. The molecule has 0 fully saturated rings. The highest BCUT2D eigenvalue weighted by atomic mass is 16.5. The lowest BCUT2D eigenvalue weighted by molar-refractivity contribution is 0.0985. The van der Waals surface area contributed by atoms with Crippen LogP contribution in [0.25, 0.3) is 11.1 Å². The number of anilines is 3. The Morgan fingerprint density at radius 2 is 1.59 bits per heavy atom. The number of aromatic nitrogens is 1. The lowest BCUT2D eigenvalue weighted by Crippen LogP contribution is -2.30. The van der Waals surface area contributed by atoms with Crippen LogP contribution in [0.15, 0.2) is 91.1 Å². The van der Waals surface area contributed by atoms with Gasteiger partial charge in [-0.2, -0.15) is 0 Å². The van der Waals surface area contributed by atoms with E-state index in [-0.39, 0.29) is 5.91 Å². The summed E-state index contributed by atoms with van der Waals surface area (Å²) in [6.45, 7) is 0.456. The van der Waals surface area contributed by atoms with Crippen molar-refractivity contribution in [1.29, 1.82) is 0 Å². The van der Waals surface area contributed by atoms with E-state index in [4.69, 9.17) is 4.74 Å². The summed E-state index contributed by atoms with van der Waals surface area (Å²) in [5, 5.41) is 0. The molecule has 4 aromatic rings. The first-order valence-corrected chi connectivity index (χ1v) is 10.5. The monoisotopic (exact) mass is 421 g/mol. The molecule has 158 valence electrons. The first-order chi connectivity index (χ1) is 15.7. The second-order valence-electron chi connectivity index (χ2n) is 7.70. The molecule has 0 aliphatic carbocycles. The van der Waals surface area contributed by atoms with Crippen LogP contribution >= 0.6 is 0 Å². The first-order valence-electron chi connectivity index (χ1n) is 10.5. The number of rotatable bonds is 3. The largest absolute Gasteiger partial charge is 0.496 e. The number of hydrogen-bond donors (Lipinski definition) is 0. The van der Waals surface area contributed by atoms with Crippen LogP contribution < -0.4 is 14.5 Å². The zero-order valence-electron chi connectivity index (χ0n) is 18.0. The number of hydrogen-bond acceptors (Lipinski definition) is 4. The van der Waals surface area contributed by atoms with Gasteiger partial charge in [0.05, 0.1) is 25.0 Å². The molecule has 0 saturated carbocycles. The maximum atomic E-state index is 13.7. The van der Waals surface area contributed by atoms with Crippen LogP contribution in [0.1, 0.15) is 15.9 Å². The van der Waals surface area contributed by atoms with Gasteiger partial charge in [-0.25, -0.2) is 4.98 Å². The van der Waals surface area contributed by atoms with E-state index in [1.165, 1.54) is 0 Å². The lowest BCUT2D eigenvalue weighted by Gasteiger charge is -2.24. The van der Waals surface area contributed by atoms with Crippen LogP contribution in [0, 0.1) is 0 Å². The molecule has 5 heteroatoms. The van der Waals surface area contributed by atoms with Crippen molar-refractivity contribution in [3.05, 3.63) is 102 Å². The van der Waals surface area contributed by atoms with E-state index in [9.17, 15) is 4.79 Å². The molecule has 1 aliphatic heterocycles. The molecule has 5 rings (SSSR count). The fourth-order valence-corrected chi connectivity index (χ4v) is 4.21. The number of benzene rings is 3. The third kappa shape index (κ3) is 3.38. The van der Waals surface area contributed by atoms with Gasteiger partial charge in [-0.05, 0) is 42.0 Å². The van der Waals surface area contributed by atoms with Gasteiger partial charge in [0.25, 0.3) is 5.91 Å². The van der Waals surface area contributed by atoms with Crippen LogP contribution in [0.4, 0.5) is 17.2 Å². The van der Waals surface area contributed by atoms with Crippen molar-refractivity contribution in [2.75, 3.05) is 24.0 Å². The van der Waals surface area contributed by atoms with Gasteiger partial charge in [-0.1, -0.05) is 48.5 Å². The van der Waals surface area contributed by atoms with E-state index in [0.717, 1.165) is 39.6 Å². The molecule has 2 heterocycles.